The summed E-state index contributed by atoms with van der Waals surface area (Å²) in [5, 5.41) is 3.46. The Bertz CT molecular complexity index is 309. The van der Waals surface area contributed by atoms with Crippen molar-refractivity contribution in [2.75, 3.05) is 37.7 Å². The highest BCUT2D eigenvalue weighted by Gasteiger charge is 2.38. The van der Waals surface area contributed by atoms with E-state index in [2.05, 4.69) is 5.32 Å². The number of nitrogens with zero attached hydrogens (tertiary/aromatic N) is 1. The van der Waals surface area contributed by atoms with Crippen LogP contribution < -0.4 is 5.32 Å². The summed E-state index contributed by atoms with van der Waals surface area (Å²) < 4.78 is 6.08. The van der Waals surface area contributed by atoms with Crippen molar-refractivity contribution in [2.45, 2.75) is 51.2 Å². The van der Waals surface area contributed by atoms with E-state index >= 15 is 0 Å². The molecule has 0 aromatic rings. The molecule has 1 atom stereocenters. The maximum atomic E-state index is 12.0. The molecule has 4 nitrogen and oxygen atoms in total. The molecule has 2 fully saturated rings. The third-order valence-electron chi connectivity index (χ3n) is 4.56. The van der Waals surface area contributed by atoms with Gasteiger partial charge in [-0.3, -0.25) is 4.79 Å². The van der Waals surface area contributed by atoms with Crippen LogP contribution in [-0.4, -0.2) is 60.2 Å². The van der Waals surface area contributed by atoms with Crippen LogP contribution >= 0.6 is 11.8 Å². The fourth-order valence-corrected chi connectivity index (χ4v) is 4.45. The lowest BCUT2D eigenvalue weighted by Gasteiger charge is -2.43. The zero-order valence-electron chi connectivity index (χ0n) is 12.8. The molecule has 1 spiro atoms. The van der Waals surface area contributed by atoms with E-state index < -0.39 is 0 Å². The monoisotopic (exact) mass is 300 g/mol. The molecule has 1 unspecified atom stereocenters. The first-order valence-corrected chi connectivity index (χ1v) is 9.07. The summed E-state index contributed by atoms with van der Waals surface area (Å²) in [6.45, 7) is 6.96. The van der Waals surface area contributed by atoms with Crippen molar-refractivity contribution in [1.82, 2.24) is 10.2 Å². The van der Waals surface area contributed by atoms with Gasteiger partial charge in [0.1, 0.15) is 0 Å². The molecule has 0 aromatic carbocycles. The number of thioether (sulfide) groups is 1. The van der Waals surface area contributed by atoms with Crippen LogP contribution in [0.1, 0.15) is 39.5 Å². The van der Waals surface area contributed by atoms with E-state index in [9.17, 15) is 4.79 Å². The summed E-state index contributed by atoms with van der Waals surface area (Å²) in [4.78, 5) is 13.9. The Hall–Kier alpha value is -0.260. The summed E-state index contributed by atoms with van der Waals surface area (Å²) in [7, 11) is 0. The van der Waals surface area contributed by atoms with Gasteiger partial charge >= 0.3 is 0 Å². The van der Waals surface area contributed by atoms with Crippen molar-refractivity contribution in [2.24, 2.45) is 0 Å². The van der Waals surface area contributed by atoms with Gasteiger partial charge in [0.05, 0.1) is 12.1 Å². The number of hydrogen-bond acceptors (Lipinski definition) is 4. The van der Waals surface area contributed by atoms with Crippen molar-refractivity contribution < 1.29 is 9.53 Å². The molecular formula is C15H28N2O2S. The van der Waals surface area contributed by atoms with Gasteiger partial charge in [-0.25, -0.2) is 0 Å². The number of carbonyl (C=O) groups excluding carboxylic acids is 1. The van der Waals surface area contributed by atoms with Gasteiger partial charge in [0.15, 0.2) is 0 Å². The Morgan fingerprint density at radius 1 is 1.35 bits per heavy atom. The maximum absolute atomic E-state index is 12.0. The van der Waals surface area contributed by atoms with Gasteiger partial charge in [0, 0.05) is 25.7 Å². The summed E-state index contributed by atoms with van der Waals surface area (Å²) >= 11 is 2.03. The fraction of sp³-hybridized carbons (Fsp3) is 0.933. The molecule has 116 valence electrons. The van der Waals surface area contributed by atoms with Crippen LogP contribution in [-0.2, 0) is 9.53 Å². The Labute approximate surface area is 127 Å². The zero-order valence-corrected chi connectivity index (χ0v) is 13.6. The number of nitrogens with one attached hydrogen (secondary N) is 1. The van der Waals surface area contributed by atoms with Crippen molar-refractivity contribution >= 4 is 17.7 Å². The van der Waals surface area contributed by atoms with Gasteiger partial charge in [-0.05, 0) is 51.0 Å². The number of likely N-dealkylation sites (N-methyl/N-ethyl adjacent to an activating group) is 1. The number of ether oxygens (including phenoxy) is 1. The SMILES string of the molecule is CCN(CC)C(=O)CNC1CCOC2(CCSCC2)C1. The lowest BCUT2D eigenvalue weighted by molar-refractivity contribution is -0.130. The van der Waals surface area contributed by atoms with E-state index in [1.165, 1.54) is 24.3 Å². The first-order chi connectivity index (χ1) is 9.69. The van der Waals surface area contributed by atoms with Crippen LogP contribution in [0, 0.1) is 0 Å². The molecule has 2 saturated heterocycles. The topological polar surface area (TPSA) is 41.6 Å². The Kier molecular flexibility index (Phi) is 6.18. The summed E-state index contributed by atoms with van der Waals surface area (Å²) in [5.41, 5.74) is 0.0966. The lowest BCUT2D eigenvalue weighted by Crippen LogP contribution is -2.50. The van der Waals surface area contributed by atoms with E-state index in [-0.39, 0.29) is 11.5 Å². The Balaban J connectivity index is 1.79. The predicted molar refractivity (Wildman–Crippen MR) is 84.2 cm³/mol. The van der Waals surface area contributed by atoms with Crippen LogP contribution in [0.15, 0.2) is 0 Å². The molecular weight excluding hydrogens is 272 g/mol. The summed E-state index contributed by atoms with van der Waals surface area (Å²) in [5.74, 6) is 2.64. The molecule has 0 radical (unpaired) electrons. The third-order valence-corrected chi connectivity index (χ3v) is 5.54. The van der Waals surface area contributed by atoms with Crippen molar-refractivity contribution in [3.05, 3.63) is 0 Å². The van der Waals surface area contributed by atoms with Gasteiger partial charge in [-0.15, -0.1) is 0 Å². The molecule has 2 aliphatic rings. The van der Waals surface area contributed by atoms with E-state index in [1.54, 1.807) is 0 Å². The van der Waals surface area contributed by atoms with E-state index in [0.717, 1.165) is 32.5 Å². The van der Waals surface area contributed by atoms with Gasteiger partial charge in [0.2, 0.25) is 5.91 Å². The van der Waals surface area contributed by atoms with E-state index in [4.69, 9.17) is 4.74 Å². The number of rotatable bonds is 5. The molecule has 20 heavy (non-hydrogen) atoms. The molecule has 5 heteroatoms. The lowest BCUT2D eigenvalue weighted by atomic mass is 9.85. The van der Waals surface area contributed by atoms with Crippen molar-refractivity contribution in [1.29, 1.82) is 0 Å². The van der Waals surface area contributed by atoms with Crippen LogP contribution in [0.4, 0.5) is 0 Å². The molecule has 0 saturated carbocycles. The first-order valence-electron chi connectivity index (χ1n) is 7.92. The quantitative estimate of drug-likeness (QED) is 0.842. The average molecular weight is 300 g/mol. The van der Waals surface area contributed by atoms with Crippen LogP contribution in [0.2, 0.25) is 0 Å². The fourth-order valence-electron chi connectivity index (χ4n) is 3.21. The highest BCUT2D eigenvalue weighted by Crippen LogP contribution is 2.37. The van der Waals surface area contributed by atoms with Crippen LogP contribution in [0.3, 0.4) is 0 Å². The van der Waals surface area contributed by atoms with Gasteiger partial charge in [0.25, 0.3) is 0 Å². The zero-order chi connectivity index (χ0) is 14.4. The minimum Gasteiger partial charge on any atom is -0.375 e. The predicted octanol–water partition coefficient (Wildman–Crippen LogP) is 1.89. The first kappa shape index (κ1) is 16.1. The minimum absolute atomic E-state index is 0.0966. The van der Waals surface area contributed by atoms with Gasteiger partial charge in [-0.1, -0.05) is 0 Å². The van der Waals surface area contributed by atoms with Crippen LogP contribution in [0.5, 0.6) is 0 Å². The number of hydrogen-bond donors (Lipinski definition) is 1. The highest BCUT2D eigenvalue weighted by atomic mass is 32.2. The molecule has 2 aliphatic heterocycles. The number of amides is 1. The van der Waals surface area contributed by atoms with E-state index in [1.807, 2.05) is 30.5 Å². The second-order valence-corrected chi connectivity index (χ2v) is 7.01. The molecule has 2 heterocycles. The largest absolute Gasteiger partial charge is 0.375 e. The molecule has 0 bridgehead atoms. The van der Waals surface area contributed by atoms with E-state index in [0.29, 0.717) is 12.6 Å². The standard InChI is InChI=1S/C15H28N2O2S/c1-3-17(4-2)14(18)12-16-13-5-8-19-15(11-13)6-9-20-10-7-15/h13,16H,3-12H2,1-2H3. The summed E-state index contributed by atoms with van der Waals surface area (Å²) in [6.07, 6.45) is 4.43. The average Bonchev–Trinajstić information content (AvgIpc) is 2.47. The van der Waals surface area contributed by atoms with Crippen LogP contribution in [0.25, 0.3) is 0 Å². The van der Waals surface area contributed by atoms with Gasteiger partial charge in [-0.2, -0.15) is 11.8 Å². The second-order valence-electron chi connectivity index (χ2n) is 5.78. The summed E-state index contributed by atoms with van der Waals surface area (Å²) in [6, 6.07) is 0.436. The Morgan fingerprint density at radius 3 is 2.70 bits per heavy atom. The maximum Gasteiger partial charge on any atom is 0.236 e. The molecule has 0 aromatic heterocycles. The Morgan fingerprint density at radius 2 is 2.05 bits per heavy atom. The molecule has 1 N–H and O–H groups in total. The molecule has 2 rings (SSSR count). The van der Waals surface area contributed by atoms with Crippen molar-refractivity contribution in [3.8, 4) is 0 Å². The molecule has 0 aliphatic carbocycles. The second kappa shape index (κ2) is 7.66. The molecule has 1 amide bonds. The normalized spacial score (nSPS) is 25.6. The number of carbonyl (C=O) groups is 1. The highest BCUT2D eigenvalue weighted by molar-refractivity contribution is 7.99. The van der Waals surface area contributed by atoms with Crippen molar-refractivity contribution in [3.63, 3.8) is 0 Å². The smallest absolute Gasteiger partial charge is 0.236 e. The van der Waals surface area contributed by atoms with Gasteiger partial charge < -0.3 is 15.0 Å². The minimum atomic E-state index is 0.0966. The third kappa shape index (κ3) is 4.12.